The van der Waals surface area contributed by atoms with E-state index < -0.39 is 0 Å². The van der Waals surface area contributed by atoms with Crippen LogP contribution in [0.2, 0.25) is 0 Å². The van der Waals surface area contributed by atoms with E-state index in [1.807, 2.05) is 0 Å². The van der Waals surface area contributed by atoms with Gasteiger partial charge < -0.3 is 19.3 Å². The Labute approximate surface area is 351 Å². The third-order valence-corrected chi connectivity index (χ3v) is 13.7. The lowest BCUT2D eigenvalue weighted by molar-refractivity contribution is 0.297. The molecule has 6 aromatic rings. The van der Waals surface area contributed by atoms with E-state index in [9.17, 15) is 0 Å². The van der Waals surface area contributed by atoms with Gasteiger partial charge >= 0.3 is 0 Å². The monoisotopic (exact) mass is 774 g/mol. The summed E-state index contributed by atoms with van der Waals surface area (Å²) >= 11 is 0. The summed E-state index contributed by atoms with van der Waals surface area (Å²) in [4.78, 5) is 5.20. The Morgan fingerprint density at radius 2 is 1.19 bits per heavy atom. The molecule has 0 atom stereocenters. The van der Waals surface area contributed by atoms with Crippen molar-refractivity contribution in [3.05, 3.63) is 137 Å². The normalized spacial score (nSPS) is 17.8. The number of rotatable bonds is 3. The second-order valence-electron chi connectivity index (χ2n) is 20.7. The molecule has 0 N–H and O–H groups in total. The molecule has 0 radical (unpaired) electrons. The van der Waals surface area contributed by atoms with E-state index >= 15 is 0 Å². The zero-order chi connectivity index (χ0) is 40.6. The highest BCUT2D eigenvalue weighted by Gasteiger charge is 2.46. The van der Waals surface area contributed by atoms with Crippen LogP contribution in [0.1, 0.15) is 88.3 Å². The first-order chi connectivity index (χ1) is 28.2. The summed E-state index contributed by atoms with van der Waals surface area (Å²) in [6, 6.07) is 40.1. The first kappa shape index (κ1) is 36.6. The minimum atomic E-state index is -0.0234. The van der Waals surface area contributed by atoms with Gasteiger partial charge in [-0.1, -0.05) is 103 Å². The van der Waals surface area contributed by atoms with Crippen LogP contribution >= 0.6 is 0 Å². The zero-order valence-corrected chi connectivity index (χ0v) is 36.1. The average Bonchev–Trinajstić information content (AvgIpc) is 3.55. The lowest BCUT2D eigenvalue weighted by Gasteiger charge is -2.45. The van der Waals surface area contributed by atoms with Crippen LogP contribution in [-0.4, -0.2) is 19.9 Å². The maximum atomic E-state index is 6.48. The van der Waals surface area contributed by atoms with E-state index in [4.69, 9.17) is 9.47 Å². The molecule has 4 nitrogen and oxygen atoms in total. The summed E-state index contributed by atoms with van der Waals surface area (Å²) in [5.74, 6) is 1.62. The third kappa shape index (κ3) is 5.93. The minimum absolute atomic E-state index is 0.0234. The van der Waals surface area contributed by atoms with Crippen LogP contribution in [-0.2, 0) is 31.1 Å². The largest absolute Gasteiger partial charge is 0.490 e. The Hall–Kier alpha value is -5.42. The third-order valence-electron chi connectivity index (χ3n) is 13.7. The van der Waals surface area contributed by atoms with Crippen molar-refractivity contribution in [2.24, 2.45) is 10.8 Å². The summed E-state index contributed by atoms with van der Waals surface area (Å²) < 4.78 is 12.9. The van der Waals surface area contributed by atoms with Crippen LogP contribution in [0.3, 0.4) is 0 Å². The van der Waals surface area contributed by atoms with E-state index in [0.29, 0.717) is 13.2 Å². The number of anilines is 6. The molecule has 0 spiro atoms. The molecule has 0 unspecified atom stereocenters. The van der Waals surface area contributed by atoms with Crippen molar-refractivity contribution in [2.45, 2.75) is 92.9 Å². The maximum Gasteiger partial charge on any atom is 0.252 e. The Balaban J connectivity index is 1.23. The first-order valence-electron chi connectivity index (χ1n) is 21.9. The number of hydrogen-bond donors (Lipinski definition) is 0. The molecule has 296 valence electrons. The van der Waals surface area contributed by atoms with Crippen LogP contribution in [0, 0.1) is 17.8 Å². The number of ether oxygens (including phenoxy) is 2. The number of nitrogens with zero attached hydrogens (tertiary/aromatic N) is 2. The molecular formula is C54H55BN2O2. The summed E-state index contributed by atoms with van der Waals surface area (Å²) in [5, 5.41) is 0. The fourth-order valence-electron chi connectivity index (χ4n) is 11.1. The Morgan fingerprint density at radius 3 is 1.90 bits per heavy atom. The predicted molar refractivity (Wildman–Crippen MR) is 247 cm³/mol. The molecule has 11 rings (SSSR count). The van der Waals surface area contributed by atoms with Gasteiger partial charge in [-0.25, -0.2) is 0 Å². The summed E-state index contributed by atoms with van der Waals surface area (Å²) in [5.41, 5.74) is 22.9. The van der Waals surface area contributed by atoms with Gasteiger partial charge in [0.15, 0.2) is 11.5 Å². The Kier molecular flexibility index (Phi) is 7.95. The predicted octanol–water partition coefficient (Wildman–Crippen LogP) is 11.5. The molecule has 0 saturated heterocycles. The highest BCUT2D eigenvalue weighted by molar-refractivity contribution is 7.00. The van der Waals surface area contributed by atoms with Crippen LogP contribution in [0.5, 0.6) is 11.5 Å². The minimum Gasteiger partial charge on any atom is -0.490 e. The van der Waals surface area contributed by atoms with Gasteiger partial charge in [0.05, 0.1) is 18.9 Å². The molecule has 3 heterocycles. The van der Waals surface area contributed by atoms with Gasteiger partial charge in [0, 0.05) is 46.5 Å². The summed E-state index contributed by atoms with van der Waals surface area (Å²) in [7, 11) is 0. The number of fused-ring (bicyclic) bond motifs is 7. The lowest BCUT2D eigenvalue weighted by atomic mass is 9.33. The molecule has 0 bridgehead atoms. The molecule has 0 saturated carbocycles. The zero-order valence-electron chi connectivity index (χ0n) is 36.1. The van der Waals surface area contributed by atoms with Crippen molar-refractivity contribution >= 4 is 57.2 Å². The number of benzene rings is 6. The van der Waals surface area contributed by atoms with Gasteiger partial charge in [-0.05, 0) is 147 Å². The standard InChI is InChI=1S/C54H55BN2O2/c1-33-21-47-51-48(22-33)57(45-28-50-49(58-19-12-20-59-50)27-41(45)34-13-10-9-11-14-34)44-18-16-39(52(2,3)4)26-43(44)55(51)42-24-37-31-54(7,8)32-38(37)25-46(42)56(47)40-17-15-35-29-53(5,6)30-36(35)23-40/h9-11,13-18,21-28H,12,19-20,29-32H2,1-8H3. The fourth-order valence-corrected chi connectivity index (χ4v) is 11.1. The van der Waals surface area contributed by atoms with Crippen molar-refractivity contribution in [3.63, 3.8) is 0 Å². The number of aryl methyl sites for hydroxylation is 1. The van der Waals surface area contributed by atoms with Gasteiger partial charge in [-0.2, -0.15) is 0 Å². The molecule has 0 fully saturated rings. The van der Waals surface area contributed by atoms with Crippen LogP contribution < -0.4 is 35.7 Å². The molecule has 2 aliphatic carbocycles. The topological polar surface area (TPSA) is 24.9 Å². The van der Waals surface area contributed by atoms with E-state index in [2.05, 4.69) is 168 Å². The lowest BCUT2D eigenvalue weighted by Crippen LogP contribution is -2.61. The molecular weight excluding hydrogens is 719 g/mol. The van der Waals surface area contributed by atoms with E-state index in [1.165, 1.54) is 78.2 Å². The van der Waals surface area contributed by atoms with E-state index in [-0.39, 0.29) is 23.0 Å². The van der Waals surface area contributed by atoms with Gasteiger partial charge in [-0.3, -0.25) is 0 Å². The van der Waals surface area contributed by atoms with Crippen molar-refractivity contribution < 1.29 is 9.47 Å². The van der Waals surface area contributed by atoms with Crippen molar-refractivity contribution in [3.8, 4) is 22.6 Å². The average molecular weight is 775 g/mol. The van der Waals surface area contributed by atoms with Crippen LogP contribution in [0.25, 0.3) is 11.1 Å². The second kappa shape index (κ2) is 12.8. The van der Waals surface area contributed by atoms with Crippen LogP contribution in [0.15, 0.2) is 103 Å². The first-order valence-corrected chi connectivity index (χ1v) is 21.9. The summed E-state index contributed by atoms with van der Waals surface area (Å²) in [6.07, 6.45) is 5.29. The highest BCUT2D eigenvalue weighted by atomic mass is 16.5. The van der Waals surface area contributed by atoms with Crippen molar-refractivity contribution in [2.75, 3.05) is 23.0 Å². The van der Waals surface area contributed by atoms with Gasteiger partial charge in [0.2, 0.25) is 0 Å². The quantitative estimate of drug-likeness (QED) is 0.167. The Morgan fingerprint density at radius 1 is 0.559 bits per heavy atom. The molecule has 5 heteroatoms. The molecule has 59 heavy (non-hydrogen) atoms. The molecule has 5 aliphatic rings. The molecule has 6 aromatic carbocycles. The maximum absolute atomic E-state index is 6.48. The van der Waals surface area contributed by atoms with Crippen molar-refractivity contribution in [1.29, 1.82) is 0 Å². The van der Waals surface area contributed by atoms with Crippen LogP contribution in [0.4, 0.5) is 34.1 Å². The van der Waals surface area contributed by atoms with Crippen molar-refractivity contribution in [1.82, 2.24) is 0 Å². The van der Waals surface area contributed by atoms with E-state index in [0.717, 1.165) is 60.4 Å². The smallest absolute Gasteiger partial charge is 0.252 e. The van der Waals surface area contributed by atoms with Gasteiger partial charge in [0.1, 0.15) is 0 Å². The number of hydrogen-bond acceptors (Lipinski definition) is 4. The highest BCUT2D eigenvalue weighted by Crippen LogP contribution is 2.51. The Bertz CT molecular complexity index is 2720. The molecule has 0 amide bonds. The molecule has 3 aliphatic heterocycles. The molecule has 0 aromatic heterocycles. The van der Waals surface area contributed by atoms with Gasteiger partial charge in [0.25, 0.3) is 6.71 Å². The fraction of sp³-hybridized carbons (Fsp3) is 0.333. The SMILES string of the molecule is Cc1cc2c3c(c1)N(c1cc4c(cc1-c1ccccc1)OCCCO4)c1ccc(C(C)(C)C)cc1B3c1cc3c(cc1N2c1ccc2c(c1)CC(C)(C)C2)CC(C)(C)C3. The van der Waals surface area contributed by atoms with Gasteiger partial charge in [-0.15, -0.1) is 0 Å². The second-order valence-corrected chi connectivity index (χ2v) is 20.7. The van der Waals surface area contributed by atoms with E-state index in [1.54, 1.807) is 0 Å². The summed E-state index contributed by atoms with van der Waals surface area (Å²) in [6.45, 7) is 20.3.